The van der Waals surface area contributed by atoms with E-state index in [1.165, 1.54) is 5.57 Å². The standard InChI is InChI=1S/C24H28O3/c1-16-5-4-12-24(2,3)21(16)15-20-22(26)13-18(14-23(20)27)7-6-17-8-10-19(25)11-9-17/h5-11,13-14,21,25-27H,4,12,15H2,1-3H3/b7-6+. The second kappa shape index (κ2) is 7.51. The van der Waals surface area contributed by atoms with E-state index in [0.717, 1.165) is 24.0 Å². The van der Waals surface area contributed by atoms with Crippen LogP contribution in [-0.4, -0.2) is 15.3 Å². The SMILES string of the molecule is CC1=CCCC(C)(C)C1Cc1c(O)cc(/C=C/c2ccc(O)cc2)cc1O. The highest BCUT2D eigenvalue weighted by molar-refractivity contribution is 5.71. The second-order valence-electron chi connectivity index (χ2n) is 8.19. The molecule has 3 nitrogen and oxygen atoms in total. The maximum Gasteiger partial charge on any atom is 0.123 e. The van der Waals surface area contributed by atoms with Crippen LogP contribution in [0.1, 0.15) is 50.3 Å². The molecule has 0 radical (unpaired) electrons. The first-order valence-corrected chi connectivity index (χ1v) is 9.45. The van der Waals surface area contributed by atoms with Gasteiger partial charge in [-0.25, -0.2) is 0 Å². The third-order valence-electron chi connectivity index (χ3n) is 5.74. The van der Waals surface area contributed by atoms with Crippen molar-refractivity contribution in [3.8, 4) is 17.2 Å². The van der Waals surface area contributed by atoms with Gasteiger partial charge < -0.3 is 15.3 Å². The van der Waals surface area contributed by atoms with Crippen LogP contribution in [0.4, 0.5) is 0 Å². The Morgan fingerprint density at radius 1 is 0.963 bits per heavy atom. The lowest BCUT2D eigenvalue weighted by Gasteiger charge is -2.38. The van der Waals surface area contributed by atoms with Gasteiger partial charge in [-0.2, -0.15) is 0 Å². The lowest BCUT2D eigenvalue weighted by atomic mass is 9.66. The van der Waals surface area contributed by atoms with Gasteiger partial charge in [-0.05, 0) is 72.9 Å². The summed E-state index contributed by atoms with van der Waals surface area (Å²) in [5, 5.41) is 30.4. The molecule has 2 aromatic carbocycles. The summed E-state index contributed by atoms with van der Waals surface area (Å²) in [5.74, 6) is 0.798. The minimum Gasteiger partial charge on any atom is -0.508 e. The van der Waals surface area contributed by atoms with Crippen LogP contribution < -0.4 is 0 Å². The van der Waals surface area contributed by atoms with Crippen LogP contribution in [0.3, 0.4) is 0 Å². The van der Waals surface area contributed by atoms with Gasteiger partial charge in [-0.3, -0.25) is 0 Å². The molecule has 0 amide bonds. The van der Waals surface area contributed by atoms with E-state index in [4.69, 9.17) is 0 Å². The molecular weight excluding hydrogens is 336 g/mol. The molecule has 1 atom stereocenters. The molecule has 142 valence electrons. The van der Waals surface area contributed by atoms with E-state index in [0.29, 0.717) is 17.9 Å². The zero-order valence-electron chi connectivity index (χ0n) is 16.2. The van der Waals surface area contributed by atoms with Gasteiger partial charge in [0, 0.05) is 5.56 Å². The molecule has 0 saturated heterocycles. The topological polar surface area (TPSA) is 60.7 Å². The summed E-state index contributed by atoms with van der Waals surface area (Å²) in [6, 6.07) is 10.3. The zero-order chi connectivity index (χ0) is 19.6. The van der Waals surface area contributed by atoms with Crippen molar-refractivity contribution >= 4 is 12.2 Å². The van der Waals surface area contributed by atoms with Gasteiger partial charge in [0.05, 0.1) is 0 Å². The second-order valence-corrected chi connectivity index (χ2v) is 8.19. The third kappa shape index (κ3) is 4.36. The molecule has 0 spiro atoms. The molecule has 0 aromatic heterocycles. The molecule has 0 saturated carbocycles. The van der Waals surface area contributed by atoms with E-state index in [9.17, 15) is 15.3 Å². The number of aromatic hydroxyl groups is 3. The van der Waals surface area contributed by atoms with E-state index in [1.807, 2.05) is 12.2 Å². The van der Waals surface area contributed by atoms with Crippen molar-refractivity contribution in [3.63, 3.8) is 0 Å². The number of hydrogen-bond donors (Lipinski definition) is 3. The van der Waals surface area contributed by atoms with Crippen LogP contribution in [0.2, 0.25) is 0 Å². The fourth-order valence-corrected chi connectivity index (χ4v) is 3.99. The zero-order valence-corrected chi connectivity index (χ0v) is 16.2. The predicted molar refractivity (Wildman–Crippen MR) is 111 cm³/mol. The summed E-state index contributed by atoms with van der Waals surface area (Å²) >= 11 is 0. The summed E-state index contributed by atoms with van der Waals surface area (Å²) in [7, 11) is 0. The van der Waals surface area contributed by atoms with Crippen molar-refractivity contribution in [2.45, 2.75) is 40.0 Å². The van der Waals surface area contributed by atoms with E-state index >= 15 is 0 Å². The van der Waals surface area contributed by atoms with Gasteiger partial charge in [0.15, 0.2) is 0 Å². The summed E-state index contributed by atoms with van der Waals surface area (Å²) in [6.45, 7) is 6.67. The van der Waals surface area contributed by atoms with Crippen LogP contribution in [0.25, 0.3) is 12.2 Å². The lowest BCUT2D eigenvalue weighted by molar-refractivity contribution is 0.211. The highest BCUT2D eigenvalue weighted by Crippen LogP contribution is 2.45. The minimum atomic E-state index is 0.134. The largest absolute Gasteiger partial charge is 0.508 e. The molecule has 0 bridgehead atoms. The molecule has 0 aliphatic heterocycles. The molecule has 1 aliphatic rings. The summed E-state index contributed by atoms with van der Waals surface area (Å²) in [5.41, 5.74) is 3.76. The van der Waals surface area contributed by atoms with Gasteiger partial charge in [-0.1, -0.05) is 49.8 Å². The van der Waals surface area contributed by atoms with Crippen molar-refractivity contribution in [2.75, 3.05) is 0 Å². The molecule has 3 heteroatoms. The average Bonchev–Trinajstić information content (AvgIpc) is 2.59. The number of benzene rings is 2. The Morgan fingerprint density at radius 2 is 1.56 bits per heavy atom. The molecule has 2 aromatic rings. The Morgan fingerprint density at radius 3 is 2.15 bits per heavy atom. The van der Waals surface area contributed by atoms with Gasteiger partial charge in [0.1, 0.15) is 17.2 Å². The molecule has 1 aliphatic carbocycles. The predicted octanol–water partition coefficient (Wildman–Crippen LogP) is 5.90. The Bertz CT molecular complexity index is 850. The van der Waals surface area contributed by atoms with Gasteiger partial charge in [0.25, 0.3) is 0 Å². The Hall–Kier alpha value is -2.68. The smallest absolute Gasteiger partial charge is 0.123 e. The van der Waals surface area contributed by atoms with Gasteiger partial charge in [-0.15, -0.1) is 0 Å². The van der Waals surface area contributed by atoms with E-state index in [2.05, 4.69) is 26.8 Å². The molecule has 3 N–H and O–H groups in total. The first-order chi connectivity index (χ1) is 12.8. The number of allylic oxidation sites excluding steroid dienone is 2. The Labute approximate surface area is 161 Å². The van der Waals surface area contributed by atoms with Crippen LogP contribution in [0.5, 0.6) is 17.2 Å². The molecule has 1 unspecified atom stereocenters. The number of phenols is 3. The molecule has 3 rings (SSSR count). The number of rotatable bonds is 4. The van der Waals surface area contributed by atoms with Crippen LogP contribution in [-0.2, 0) is 6.42 Å². The van der Waals surface area contributed by atoms with Crippen LogP contribution in [0, 0.1) is 11.3 Å². The normalized spacial score (nSPS) is 19.2. The van der Waals surface area contributed by atoms with Crippen molar-refractivity contribution < 1.29 is 15.3 Å². The van der Waals surface area contributed by atoms with Crippen LogP contribution >= 0.6 is 0 Å². The van der Waals surface area contributed by atoms with Crippen molar-refractivity contribution in [1.29, 1.82) is 0 Å². The van der Waals surface area contributed by atoms with Crippen molar-refractivity contribution in [2.24, 2.45) is 11.3 Å². The van der Waals surface area contributed by atoms with Crippen molar-refractivity contribution in [1.82, 2.24) is 0 Å². The molecule has 0 fully saturated rings. The molecular formula is C24H28O3. The van der Waals surface area contributed by atoms with Gasteiger partial charge >= 0.3 is 0 Å². The van der Waals surface area contributed by atoms with E-state index < -0.39 is 0 Å². The Kier molecular flexibility index (Phi) is 5.31. The first kappa shape index (κ1) is 19.1. The highest BCUT2D eigenvalue weighted by Gasteiger charge is 2.33. The monoisotopic (exact) mass is 364 g/mol. The fraction of sp³-hybridized carbons (Fsp3) is 0.333. The van der Waals surface area contributed by atoms with E-state index in [-0.39, 0.29) is 22.7 Å². The maximum atomic E-state index is 10.5. The molecule has 0 heterocycles. The quantitative estimate of drug-likeness (QED) is 0.468. The van der Waals surface area contributed by atoms with Crippen molar-refractivity contribution in [3.05, 3.63) is 64.7 Å². The highest BCUT2D eigenvalue weighted by atomic mass is 16.3. The summed E-state index contributed by atoms with van der Waals surface area (Å²) in [6.07, 6.45) is 8.84. The fourth-order valence-electron chi connectivity index (χ4n) is 3.99. The lowest BCUT2D eigenvalue weighted by Crippen LogP contribution is -2.29. The summed E-state index contributed by atoms with van der Waals surface area (Å²) < 4.78 is 0. The van der Waals surface area contributed by atoms with E-state index in [1.54, 1.807) is 36.4 Å². The number of phenolic OH excluding ortho intramolecular Hbond substituents is 3. The average molecular weight is 364 g/mol. The maximum absolute atomic E-state index is 10.5. The third-order valence-corrected chi connectivity index (χ3v) is 5.74. The molecule has 27 heavy (non-hydrogen) atoms. The minimum absolute atomic E-state index is 0.134. The van der Waals surface area contributed by atoms with Gasteiger partial charge in [0.2, 0.25) is 0 Å². The van der Waals surface area contributed by atoms with Crippen LogP contribution in [0.15, 0.2) is 48.0 Å². The first-order valence-electron chi connectivity index (χ1n) is 9.45. The number of hydrogen-bond acceptors (Lipinski definition) is 3. The Balaban J connectivity index is 1.83. The summed E-state index contributed by atoms with van der Waals surface area (Å²) in [4.78, 5) is 0.